The molecule has 0 saturated carbocycles. The van der Waals surface area contributed by atoms with Gasteiger partial charge in [-0.2, -0.15) is 0 Å². The van der Waals surface area contributed by atoms with Crippen LogP contribution in [0.25, 0.3) is 27.5 Å². The summed E-state index contributed by atoms with van der Waals surface area (Å²) in [4.78, 5) is 13.9. The monoisotopic (exact) mass is 468 g/mol. The van der Waals surface area contributed by atoms with Crippen molar-refractivity contribution in [3.63, 3.8) is 0 Å². The second-order valence-electron chi connectivity index (χ2n) is 7.20. The van der Waals surface area contributed by atoms with E-state index < -0.39 is 0 Å². The molecule has 0 fully saturated rings. The highest BCUT2D eigenvalue weighted by molar-refractivity contribution is 7.99. The van der Waals surface area contributed by atoms with Crippen LogP contribution in [-0.2, 0) is 4.79 Å². The molecule has 1 N–H and O–H groups in total. The lowest BCUT2D eigenvalue weighted by Gasteiger charge is -2.12. The van der Waals surface area contributed by atoms with Gasteiger partial charge in [0.25, 0.3) is 0 Å². The Kier molecular flexibility index (Phi) is 6.32. The van der Waals surface area contributed by atoms with Crippen LogP contribution in [0, 0.1) is 0 Å². The van der Waals surface area contributed by atoms with Crippen LogP contribution < -0.4 is 5.32 Å². The van der Waals surface area contributed by atoms with Gasteiger partial charge in [0, 0.05) is 16.9 Å². The maximum Gasteiger partial charge on any atom is 0.234 e. The molecule has 162 valence electrons. The predicted octanol–water partition coefficient (Wildman–Crippen LogP) is 6.39. The first-order valence-electron chi connectivity index (χ1n) is 10.4. The van der Waals surface area contributed by atoms with E-state index in [0.29, 0.717) is 5.16 Å². The third-order valence-corrected chi connectivity index (χ3v) is 6.80. The van der Waals surface area contributed by atoms with Crippen LogP contribution >= 0.6 is 23.1 Å². The van der Waals surface area contributed by atoms with Crippen molar-refractivity contribution in [2.75, 3.05) is 11.1 Å². The molecule has 0 aliphatic heterocycles. The highest BCUT2D eigenvalue weighted by atomic mass is 32.2. The summed E-state index contributed by atoms with van der Waals surface area (Å²) in [6, 6.07) is 31.9. The van der Waals surface area contributed by atoms with Crippen LogP contribution in [0.2, 0.25) is 0 Å². The molecule has 5 aromatic rings. The zero-order valence-electron chi connectivity index (χ0n) is 17.6. The van der Waals surface area contributed by atoms with Gasteiger partial charge in [-0.1, -0.05) is 84.6 Å². The number of thioether (sulfide) groups is 1. The van der Waals surface area contributed by atoms with Crippen molar-refractivity contribution >= 4 is 34.7 Å². The zero-order chi connectivity index (χ0) is 22.5. The van der Waals surface area contributed by atoms with Gasteiger partial charge in [0.15, 0.2) is 11.0 Å². The Balaban J connectivity index is 1.36. The Labute approximate surface area is 200 Å². The molecule has 7 heteroatoms. The van der Waals surface area contributed by atoms with Gasteiger partial charge < -0.3 is 5.32 Å². The second kappa shape index (κ2) is 9.85. The molecule has 0 atom stereocenters. The zero-order valence-corrected chi connectivity index (χ0v) is 19.2. The van der Waals surface area contributed by atoms with E-state index in [-0.39, 0.29) is 11.7 Å². The minimum atomic E-state index is -0.0938. The van der Waals surface area contributed by atoms with E-state index in [1.54, 1.807) is 11.3 Å². The van der Waals surface area contributed by atoms with Crippen LogP contribution in [0.15, 0.2) is 108 Å². The summed E-state index contributed by atoms with van der Waals surface area (Å²) in [5.74, 6) is 0.899. The summed E-state index contributed by atoms with van der Waals surface area (Å²) in [5.41, 5.74) is 3.80. The van der Waals surface area contributed by atoms with E-state index in [4.69, 9.17) is 0 Å². The van der Waals surface area contributed by atoms with Crippen molar-refractivity contribution < 1.29 is 4.79 Å². The summed E-state index contributed by atoms with van der Waals surface area (Å²) in [7, 11) is 0. The van der Waals surface area contributed by atoms with Gasteiger partial charge in [0.2, 0.25) is 5.91 Å². The third-order valence-electron chi connectivity index (χ3n) is 5.01. The SMILES string of the molecule is O=C(CSc1nnc(-c2cccs2)n1-c1ccccc1)Nc1ccccc1-c1ccccc1. The third kappa shape index (κ3) is 4.74. The molecular formula is C26H20N4OS2. The Bertz CT molecular complexity index is 1350. The number of aromatic nitrogens is 3. The Morgan fingerprint density at radius 2 is 1.58 bits per heavy atom. The highest BCUT2D eigenvalue weighted by Crippen LogP contribution is 2.31. The minimum absolute atomic E-state index is 0.0938. The van der Waals surface area contributed by atoms with Crippen molar-refractivity contribution in [1.82, 2.24) is 14.8 Å². The first kappa shape index (κ1) is 21.2. The number of anilines is 1. The second-order valence-corrected chi connectivity index (χ2v) is 9.09. The van der Waals surface area contributed by atoms with Crippen molar-refractivity contribution in [3.8, 4) is 27.5 Å². The lowest BCUT2D eigenvalue weighted by Crippen LogP contribution is -2.15. The van der Waals surface area contributed by atoms with Crippen LogP contribution in [0.1, 0.15) is 0 Å². The van der Waals surface area contributed by atoms with Crippen molar-refractivity contribution in [3.05, 3.63) is 102 Å². The number of carbonyl (C=O) groups is 1. The Hall–Kier alpha value is -3.68. The van der Waals surface area contributed by atoms with Crippen molar-refractivity contribution in [2.45, 2.75) is 5.16 Å². The molecule has 3 aromatic carbocycles. The quantitative estimate of drug-likeness (QED) is 0.281. The number of nitrogens with one attached hydrogen (secondary N) is 1. The van der Waals surface area contributed by atoms with Gasteiger partial charge in [-0.15, -0.1) is 21.5 Å². The predicted molar refractivity (Wildman–Crippen MR) is 136 cm³/mol. The molecule has 5 nitrogen and oxygen atoms in total. The summed E-state index contributed by atoms with van der Waals surface area (Å²) in [6.07, 6.45) is 0. The number of thiophene rings is 1. The van der Waals surface area contributed by atoms with E-state index in [1.165, 1.54) is 11.8 Å². The number of nitrogens with zero attached hydrogens (tertiary/aromatic N) is 3. The highest BCUT2D eigenvalue weighted by Gasteiger charge is 2.18. The molecular weight excluding hydrogens is 448 g/mol. The van der Waals surface area contributed by atoms with E-state index in [2.05, 4.69) is 15.5 Å². The van der Waals surface area contributed by atoms with Crippen LogP contribution in [0.4, 0.5) is 5.69 Å². The summed E-state index contributed by atoms with van der Waals surface area (Å²) in [5, 5.41) is 14.6. The molecule has 5 rings (SSSR count). The van der Waals surface area contributed by atoms with Crippen LogP contribution in [0.5, 0.6) is 0 Å². The first-order valence-corrected chi connectivity index (χ1v) is 12.3. The van der Waals surface area contributed by atoms with E-state index >= 15 is 0 Å². The molecule has 0 aliphatic rings. The number of hydrogen-bond acceptors (Lipinski definition) is 5. The first-order chi connectivity index (χ1) is 16.3. The molecule has 0 bridgehead atoms. The number of para-hydroxylation sites is 2. The van der Waals surface area contributed by atoms with E-state index in [1.807, 2.05) is 107 Å². The molecule has 0 unspecified atom stereocenters. The maximum atomic E-state index is 12.9. The Morgan fingerprint density at radius 3 is 2.33 bits per heavy atom. The molecule has 0 radical (unpaired) electrons. The molecule has 33 heavy (non-hydrogen) atoms. The molecule has 0 saturated heterocycles. The van der Waals surface area contributed by atoms with Gasteiger partial charge in [0.1, 0.15) is 0 Å². The summed E-state index contributed by atoms with van der Waals surface area (Å²) >= 11 is 2.98. The number of hydrogen-bond donors (Lipinski definition) is 1. The van der Waals surface area contributed by atoms with E-state index in [9.17, 15) is 4.79 Å². The number of carbonyl (C=O) groups excluding carboxylic acids is 1. The standard InChI is InChI=1S/C26H20N4OS2/c31-24(27-22-15-8-7-14-21(22)19-10-3-1-4-11-19)18-33-26-29-28-25(23-16-9-17-32-23)30(26)20-12-5-2-6-13-20/h1-17H,18H2,(H,27,31). The minimum Gasteiger partial charge on any atom is -0.325 e. The maximum absolute atomic E-state index is 12.9. The number of benzene rings is 3. The van der Waals surface area contributed by atoms with Crippen molar-refractivity contribution in [2.24, 2.45) is 0 Å². The van der Waals surface area contributed by atoms with Crippen LogP contribution in [0.3, 0.4) is 0 Å². The van der Waals surface area contributed by atoms with Gasteiger partial charge in [-0.25, -0.2) is 0 Å². The number of amides is 1. The van der Waals surface area contributed by atoms with Gasteiger partial charge in [-0.05, 0) is 35.2 Å². The summed E-state index contributed by atoms with van der Waals surface area (Å²) < 4.78 is 2.00. The lowest BCUT2D eigenvalue weighted by atomic mass is 10.0. The van der Waals surface area contributed by atoms with Crippen LogP contribution in [-0.4, -0.2) is 26.4 Å². The Morgan fingerprint density at radius 1 is 0.848 bits per heavy atom. The lowest BCUT2D eigenvalue weighted by molar-refractivity contribution is -0.113. The molecule has 0 aliphatic carbocycles. The smallest absolute Gasteiger partial charge is 0.234 e. The molecule has 0 spiro atoms. The molecule has 2 aromatic heterocycles. The van der Waals surface area contributed by atoms with Gasteiger partial charge >= 0.3 is 0 Å². The molecule has 2 heterocycles. The fourth-order valence-corrected chi connectivity index (χ4v) is 4.97. The average molecular weight is 469 g/mol. The topological polar surface area (TPSA) is 59.8 Å². The van der Waals surface area contributed by atoms with Gasteiger partial charge in [0.05, 0.1) is 10.6 Å². The number of rotatable bonds is 7. The van der Waals surface area contributed by atoms with Gasteiger partial charge in [-0.3, -0.25) is 9.36 Å². The fraction of sp³-hybridized carbons (Fsp3) is 0.0385. The molecule has 1 amide bonds. The summed E-state index contributed by atoms with van der Waals surface area (Å²) in [6.45, 7) is 0. The normalized spacial score (nSPS) is 10.8. The van der Waals surface area contributed by atoms with E-state index in [0.717, 1.165) is 33.2 Å². The fourth-order valence-electron chi connectivity index (χ4n) is 3.52. The van der Waals surface area contributed by atoms with Crippen molar-refractivity contribution in [1.29, 1.82) is 0 Å². The largest absolute Gasteiger partial charge is 0.325 e. The average Bonchev–Trinajstić information content (AvgIpc) is 3.54.